The highest BCUT2D eigenvalue weighted by molar-refractivity contribution is 8.13. The van der Waals surface area contributed by atoms with Crippen LogP contribution in [0.25, 0.3) is 0 Å². The Labute approximate surface area is 119 Å². The minimum Gasteiger partial charge on any atom is -0.494 e. The number of benzene rings is 1. The Balaban J connectivity index is 2.43. The molecule has 0 aliphatic rings. The highest BCUT2D eigenvalue weighted by Crippen LogP contribution is 2.12. The van der Waals surface area contributed by atoms with Crippen molar-refractivity contribution in [1.29, 1.82) is 0 Å². The number of thioether (sulfide) groups is 1. The average molecular weight is 279 g/mol. The zero-order valence-electron chi connectivity index (χ0n) is 11.5. The van der Waals surface area contributed by atoms with Crippen LogP contribution in [0.4, 0.5) is 0 Å². The molecule has 19 heavy (non-hydrogen) atoms. The molecular weight excluding hydrogens is 258 g/mol. The summed E-state index contributed by atoms with van der Waals surface area (Å²) in [4.78, 5) is 0. The van der Waals surface area contributed by atoms with Gasteiger partial charge < -0.3 is 10.5 Å². The lowest BCUT2D eigenvalue weighted by molar-refractivity contribution is 0.306. The Morgan fingerprint density at radius 3 is 2.68 bits per heavy atom. The number of hydrogen-bond donors (Lipinski definition) is 1. The van der Waals surface area contributed by atoms with E-state index in [1.807, 2.05) is 30.5 Å². The van der Waals surface area contributed by atoms with Crippen LogP contribution in [0.2, 0.25) is 0 Å². The predicted octanol–water partition coefficient (Wildman–Crippen LogP) is 3.27. The van der Waals surface area contributed by atoms with Crippen LogP contribution in [-0.4, -0.2) is 24.2 Å². The Morgan fingerprint density at radius 1 is 1.32 bits per heavy atom. The molecule has 0 radical (unpaired) electrons. The van der Waals surface area contributed by atoms with Gasteiger partial charge in [0.2, 0.25) is 0 Å². The van der Waals surface area contributed by atoms with Crippen LogP contribution in [-0.2, 0) is 0 Å². The molecule has 0 unspecified atom stereocenters. The Bertz CT molecular complexity index is 415. The number of nitrogens with two attached hydrogens (primary N) is 1. The largest absolute Gasteiger partial charge is 0.494 e. The summed E-state index contributed by atoms with van der Waals surface area (Å²) < 4.78 is 5.63. The van der Waals surface area contributed by atoms with Gasteiger partial charge in [0.1, 0.15) is 5.75 Å². The highest BCUT2D eigenvalue weighted by atomic mass is 32.2. The van der Waals surface area contributed by atoms with Crippen molar-refractivity contribution in [3.05, 3.63) is 29.8 Å². The first-order valence-corrected chi connectivity index (χ1v) is 7.62. The Hall–Kier alpha value is -1.49. The summed E-state index contributed by atoms with van der Waals surface area (Å²) in [6.45, 7) is 2.95. The van der Waals surface area contributed by atoms with Gasteiger partial charge in [-0.3, -0.25) is 0 Å². The van der Waals surface area contributed by atoms with Crippen LogP contribution in [0.1, 0.15) is 31.7 Å². The second kappa shape index (κ2) is 9.44. The molecule has 0 fully saturated rings. The van der Waals surface area contributed by atoms with Crippen molar-refractivity contribution in [3.63, 3.8) is 0 Å². The summed E-state index contributed by atoms with van der Waals surface area (Å²) in [7, 11) is 0. The Morgan fingerprint density at radius 2 is 2.05 bits per heavy atom. The Kier molecular flexibility index (Phi) is 7.74. The third-order valence-electron chi connectivity index (χ3n) is 2.47. The van der Waals surface area contributed by atoms with Crippen LogP contribution in [0.5, 0.6) is 5.75 Å². The maximum atomic E-state index is 5.63. The van der Waals surface area contributed by atoms with E-state index in [1.54, 1.807) is 6.21 Å². The predicted molar refractivity (Wildman–Crippen MR) is 84.2 cm³/mol. The lowest BCUT2D eigenvalue weighted by atomic mass is 10.2. The highest BCUT2D eigenvalue weighted by Gasteiger charge is 1.94. The molecule has 0 aliphatic heterocycles. The molecular formula is C14H21N3OS. The SMILES string of the molecule is CCCCCOc1ccc(/C=N\N=C(/N)SC)cc1. The fraction of sp³-hybridized carbons (Fsp3) is 0.429. The van der Waals surface area contributed by atoms with Crippen LogP contribution < -0.4 is 10.5 Å². The number of hydrogen-bond acceptors (Lipinski definition) is 4. The van der Waals surface area contributed by atoms with E-state index in [0.717, 1.165) is 24.3 Å². The van der Waals surface area contributed by atoms with E-state index in [4.69, 9.17) is 10.5 Å². The van der Waals surface area contributed by atoms with Crippen LogP contribution in [0.3, 0.4) is 0 Å². The molecule has 0 bridgehead atoms. The maximum absolute atomic E-state index is 5.63. The summed E-state index contributed by atoms with van der Waals surface area (Å²) in [6, 6.07) is 7.77. The van der Waals surface area contributed by atoms with E-state index in [1.165, 1.54) is 24.6 Å². The minimum atomic E-state index is 0.451. The molecule has 1 aromatic rings. The molecule has 0 saturated carbocycles. The van der Waals surface area contributed by atoms with Gasteiger partial charge in [0, 0.05) is 0 Å². The monoisotopic (exact) mass is 279 g/mol. The number of amidine groups is 1. The zero-order chi connectivity index (χ0) is 13.9. The fourth-order valence-electron chi connectivity index (χ4n) is 1.39. The smallest absolute Gasteiger partial charge is 0.180 e. The number of ether oxygens (including phenoxy) is 1. The van der Waals surface area contributed by atoms with Gasteiger partial charge in [-0.1, -0.05) is 31.5 Å². The molecule has 0 aliphatic carbocycles. The van der Waals surface area contributed by atoms with Crippen LogP contribution >= 0.6 is 11.8 Å². The molecule has 1 aromatic carbocycles. The standard InChI is InChI=1S/C14H21N3OS/c1-3-4-5-10-18-13-8-6-12(7-9-13)11-16-17-14(15)19-2/h6-9,11H,3-5,10H2,1-2H3,(H2,15,17)/b16-11-. The zero-order valence-corrected chi connectivity index (χ0v) is 12.3. The van der Waals surface area contributed by atoms with Gasteiger partial charge in [-0.15, -0.1) is 5.10 Å². The third-order valence-corrected chi connectivity index (χ3v) is 2.97. The van der Waals surface area contributed by atoms with Crippen molar-refractivity contribution in [3.8, 4) is 5.75 Å². The van der Waals surface area contributed by atoms with E-state index in [9.17, 15) is 0 Å². The first-order chi connectivity index (χ1) is 9.26. The van der Waals surface area contributed by atoms with Gasteiger partial charge >= 0.3 is 0 Å². The van der Waals surface area contributed by atoms with Crippen molar-refractivity contribution >= 4 is 23.1 Å². The van der Waals surface area contributed by atoms with Gasteiger partial charge in [0.15, 0.2) is 5.17 Å². The normalized spacial score (nSPS) is 12.0. The van der Waals surface area contributed by atoms with E-state index < -0.39 is 0 Å². The van der Waals surface area contributed by atoms with Crippen molar-refractivity contribution < 1.29 is 4.74 Å². The number of nitrogens with zero attached hydrogens (tertiary/aromatic N) is 2. The summed E-state index contributed by atoms with van der Waals surface area (Å²) in [5, 5.41) is 8.18. The molecule has 0 amide bonds. The first kappa shape index (κ1) is 15.6. The van der Waals surface area contributed by atoms with Gasteiger partial charge in [0.05, 0.1) is 12.8 Å². The lowest BCUT2D eigenvalue weighted by Gasteiger charge is -2.05. The van der Waals surface area contributed by atoms with Gasteiger partial charge in [-0.25, -0.2) is 0 Å². The van der Waals surface area contributed by atoms with E-state index >= 15 is 0 Å². The average Bonchev–Trinajstić information content (AvgIpc) is 2.45. The summed E-state index contributed by atoms with van der Waals surface area (Å²) in [5.74, 6) is 0.889. The molecule has 0 heterocycles. The third kappa shape index (κ3) is 6.86. The van der Waals surface area contributed by atoms with Crippen molar-refractivity contribution in [2.75, 3.05) is 12.9 Å². The van der Waals surface area contributed by atoms with Crippen molar-refractivity contribution in [2.45, 2.75) is 26.2 Å². The molecule has 0 atom stereocenters. The summed E-state index contributed by atoms with van der Waals surface area (Å²) in [5.41, 5.74) is 6.49. The minimum absolute atomic E-state index is 0.451. The maximum Gasteiger partial charge on any atom is 0.180 e. The van der Waals surface area contributed by atoms with Crippen molar-refractivity contribution in [2.24, 2.45) is 15.9 Å². The first-order valence-electron chi connectivity index (χ1n) is 6.39. The molecule has 5 heteroatoms. The molecule has 2 N–H and O–H groups in total. The molecule has 104 valence electrons. The van der Waals surface area contributed by atoms with Gasteiger partial charge in [-0.2, -0.15) is 5.10 Å². The molecule has 0 aromatic heterocycles. The quantitative estimate of drug-likeness (QED) is 0.361. The lowest BCUT2D eigenvalue weighted by Crippen LogP contribution is -2.03. The summed E-state index contributed by atoms with van der Waals surface area (Å²) in [6.07, 6.45) is 7.05. The number of rotatable bonds is 7. The number of unbranched alkanes of at least 4 members (excludes halogenated alkanes) is 2. The van der Waals surface area contributed by atoms with Crippen LogP contribution in [0, 0.1) is 0 Å². The molecule has 0 saturated heterocycles. The summed E-state index contributed by atoms with van der Waals surface area (Å²) >= 11 is 1.37. The topological polar surface area (TPSA) is 60.0 Å². The van der Waals surface area contributed by atoms with Crippen LogP contribution in [0.15, 0.2) is 34.5 Å². The van der Waals surface area contributed by atoms with E-state index in [0.29, 0.717) is 5.17 Å². The fourth-order valence-corrected chi connectivity index (χ4v) is 1.51. The molecule has 4 nitrogen and oxygen atoms in total. The molecule has 1 rings (SSSR count). The van der Waals surface area contributed by atoms with Gasteiger partial charge in [-0.05, 0) is 42.5 Å². The van der Waals surface area contributed by atoms with Gasteiger partial charge in [0.25, 0.3) is 0 Å². The van der Waals surface area contributed by atoms with E-state index in [-0.39, 0.29) is 0 Å². The molecule has 0 spiro atoms. The van der Waals surface area contributed by atoms with E-state index in [2.05, 4.69) is 17.1 Å². The second-order valence-electron chi connectivity index (χ2n) is 4.01. The second-order valence-corrected chi connectivity index (χ2v) is 4.84. The van der Waals surface area contributed by atoms with Crippen molar-refractivity contribution in [1.82, 2.24) is 0 Å².